The molecule has 2 unspecified atom stereocenters. The summed E-state index contributed by atoms with van der Waals surface area (Å²) in [7, 11) is 2.07. The van der Waals surface area contributed by atoms with Gasteiger partial charge in [-0.3, -0.25) is 4.79 Å². The van der Waals surface area contributed by atoms with Gasteiger partial charge in [-0.25, -0.2) is 0 Å². The number of hydrogen-bond acceptors (Lipinski definition) is 5. The van der Waals surface area contributed by atoms with Crippen molar-refractivity contribution in [3.8, 4) is 0 Å². The Labute approximate surface area is 205 Å². The van der Waals surface area contributed by atoms with Crippen molar-refractivity contribution >= 4 is 34.4 Å². The Balaban J connectivity index is 1.43. The Bertz CT molecular complexity index is 1160. The minimum atomic E-state index is -0.666. The summed E-state index contributed by atoms with van der Waals surface area (Å²) in [6.07, 6.45) is 5.41. The molecule has 3 N–H and O–H groups in total. The number of anilines is 1. The van der Waals surface area contributed by atoms with Crippen LogP contribution in [0, 0.1) is 0 Å². The second-order valence-electron chi connectivity index (χ2n) is 9.44. The molecule has 0 radical (unpaired) electrons. The van der Waals surface area contributed by atoms with Gasteiger partial charge in [0.2, 0.25) is 0 Å². The van der Waals surface area contributed by atoms with E-state index in [-0.39, 0.29) is 11.9 Å². The second kappa shape index (κ2) is 10.0. The molecule has 2 aliphatic rings. The Morgan fingerprint density at radius 1 is 1.24 bits per heavy atom. The van der Waals surface area contributed by atoms with Gasteiger partial charge in [0.05, 0.1) is 23.3 Å². The molecule has 5 rings (SSSR count). The molecule has 1 aromatic heterocycles. The van der Waals surface area contributed by atoms with Gasteiger partial charge in [0.15, 0.2) is 0 Å². The smallest absolute Gasteiger partial charge is 0.251 e. The van der Waals surface area contributed by atoms with Crippen molar-refractivity contribution in [3.05, 3.63) is 65.4 Å². The monoisotopic (exact) mass is 478 g/mol. The highest BCUT2D eigenvalue weighted by atomic mass is 32.2. The third-order valence-corrected chi connectivity index (χ3v) is 7.86. The number of aromatic nitrogens is 1. The zero-order valence-electron chi connectivity index (χ0n) is 20.0. The summed E-state index contributed by atoms with van der Waals surface area (Å²) >= 11 is 1.78. The molecule has 1 aliphatic carbocycles. The maximum Gasteiger partial charge on any atom is 0.251 e. The highest BCUT2D eigenvalue weighted by Crippen LogP contribution is 2.37. The van der Waals surface area contributed by atoms with Crippen molar-refractivity contribution in [2.24, 2.45) is 0 Å². The second-order valence-corrected chi connectivity index (χ2v) is 10.7. The first-order valence-electron chi connectivity index (χ1n) is 12.3. The van der Waals surface area contributed by atoms with Crippen LogP contribution in [0.5, 0.6) is 0 Å². The first-order valence-corrected chi connectivity index (χ1v) is 13.3. The van der Waals surface area contributed by atoms with Gasteiger partial charge in [0, 0.05) is 49.1 Å². The summed E-state index contributed by atoms with van der Waals surface area (Å²) < 4.78 is 4.51. The molecule has 7 heteroatoms. The normalized spacial score (nSPS) is 17.4. The number of aliphatic hydroxyl groups is 1. The Hall–Kier alpha value is -2.48. The van der Waals surface area contributed by atoms with Crippen LogP contribution in [0.4, 0.5) is 5.69 Å². The van der Waals surface area contributed by atoms with E-state index in [1.54, 1.807) is 11.9 Å². The predicted molar refractivity (Wildman–Crippen MR) is 141 cm³/mol. The highest BCUT2D eigenvalue weighted by Gasteiger charge is 2.27. The van der Waals surface area contributed by atoms with Gasteiger partial charge in [0.1, 0.15) is 0 Å². The number of hydrogen-bond donors (Lipinski definition) is 3. The van der Waals surface area contributed by atoms with E-state index in [4.69, 9.17) is 0 Å². The largest absolute Gasteiger partial charge is 0.390 e. The number of carbonyl (C=O) groups is 1. The van der Waals surface area contributed by atoms with Gasteiger partial charge < -0.3 is 24.6 Å². The van der Waals surface area contributed by atoms with Crippen LogP contribution in [0.3, 0.4) is 0 Å². The van der Waals surface area contributed by atoms with E-state index >= 15 is 0 Å². The minimum absolute atomic E-state index is 0.137. The highest BCUT2D eigenvalue weighted by molar-refractivity contribution is 8.00. The molecule has 1 amide bonds. The standard InChI is InChI=1S/C27H34N4O2S/c1-3-19-17-31-11-12-34-30(2)24-15-20(14-22(19)26(24)31)27(33)29-23(13-18-7-5-4-6-8-18)25(32)16-28-21-9-10-21/h4-8,14-15,17,21,23,25,28,32H,3,9-13,16H2,1-2H3,(H,29,33). The molecule has 180 valence electrons. The van der Waals surface area contributed by atoms with Crippen molar-refractivity contribution < 1.29 is 9.90 Å². The van der Waals surface area contributed by atoms with Crippen molar-refractivity contribution in [1.29, 1.82) is 0 Å². The Morgan fingerprint density at radius 2 is 2.03 bits per heavy atom. The van der Waals surface area contributed by atoms with Crippen LogP contribution in [-0.2, 0) is 19.4 Å². The number of aryl methyl sites for hydroxylation is 2. The summed E-state index contributed by atoms with van der Waals surface area (Å²) in [6.45, 7) is 3.60. The maximum absolute atomic E-state index is 13.6. The molecule has 6 nitrogen and oxygen atoms in total. The Kier molecular flexibility index (Phi) is 6.86. The molecule has 1 saturated carbocycles. The third-order valence-electron chi connectivity index (χ3n) is 6.91. The number of carbonyl (C=O) groups excluding carboxylic acids is 1. The summed E-state index contributed by atoms with van der Waals surface area (Å²) in [5.74, 6) is 0.862. The molecule has 0 spiro atoms. The van der Waals surface area contributed by atoms with Crippen LogP contribution in [0.2, 0.25) is 0 Å². The molecule has 34 heavy (non-hydrogen) atoms. The fourth-order valence-corrected chi connectivity index (χ4v) is 5.61. The predicted octanol–water partition coefficient (Wildman–Crippen LogP) is 3.76. The van der Waals surface area contributed by atoms with Crippen LogP contribution in [0.15, 0.2) is 48.7 Å². The fourth-order valence-electron chi connectivity index (χ4n) is 4.78. The van der Waals surface area contributed by atoms with E-state index in [0.717, 1.165) is 48.2 Å². The molecule has 0 bridgehead atoms. The average molecular weight is 479 g/mol. The van der Waals surface area contributed by atoms with Gasteiger partial charge in [-0.05, 0) is 60.9 Å². The quantitative estimate of drug-likeness (QED) is 0.409. The lowest BCUT2D eigenvalue weighted by atomic mass is 10.00. The van der Waals surface area contributed by atoms with E-state index in [0.29, 0.717) is 24.6 Å². The zero-order chi connectivity index (χ0) is 23.7. The van der Waals surface area contributed by atoms with Crippen LogP contribution in [0.1, 0.15) is 41.3 Å². The number of nitrogens with zero attached hydrogens (tertiary/aromatic N) is 2. The van der Waals surface area contributed by atoms with Crippen molar-refractivity contribution in [2.45, 2.75) is 57.3 Å². The van der Waals surface area contributed by atoms with Gasteiger partial charge in [-0.2, -0.15) is 0 Å². The van der Waals surface area contributed by atoms with E-state index in [9.17, 15) is 9.90 Å². The van der Waals surface area contributed by atoms with Gasteiger partial charge in [-0.15, -0.1) is 0 Å². The Morgan fingerprint density at radius 3 is 2.76 bits per heavy atom. The number of benzene rings is 2. The molecule has 2 heterocycles. The van der Waals surface area contributed by atoms with Crippen molar-refractivity contribution in [3.63, 3.8) is 0 Å². The lowest BCUT2D eigenvalue weighted by Crippen LogP contribution is -2.49. The van der Waals surface area contributed by atoms with E-state index in [1.165, 1.54) is 11.1 Å². The molecule has 2 atom stereocenters. The van der Waals surface area contributed by atoms with Gasteiger partial charge in [0.25, 0.3) is 5.91 Å². The van der Waals surface area contributed by atoms with Crippen molar-refractivity contribution in [2.75, 3.05) is 23.7 Å². The molecular formula is C27H34N4O2S. The lowest BCUT2D eigenvalue weighted by Gasteiger charge is -2.25. The number of aliphatic hydroxyl groups excluding tert-OH is 1. The zero-order valence-corrected chi connectivity index (χ0v) is 20.8. The van der Waals surface area contributed by atoms with Crippen LogP contribution in [-0.4, -0.2) is 53.1 Å². The summed E-state index contributed by atoms with van der Waals surface area (Å²) in [5.41, 5.74) is 5.28. The fraction of sp³-hybridized carbons (Fsp3) is 0.444. The number of nitrogens with one attached hydrogen (secondary N) is 2. The first-order chi connectivity index (χ1) is 16.5. The molecule has 2 aromatic carbocycles. The van der Waals surface area contributed by atoms with E-state index in [2.05, 4.69) is 39.7 Å². The topological polar surface area (TPSA) is 69.5 Å². The van der Waals surface area contributed by atoms with Gasteiger partial charge >= 0.3 is 0 Å². The molecule has 0 saturated heterocycles. The average Bonchev–Trinajstić information content (AvgIpc) is 3.64. The molecule has 1 fully saturated rings. The maximum atomic E-state index is 13.6. The molecule has 1 aliphatic heterocycles. The third kappa shape index (κ3) is 4.97. The summed E-state index contributed by atoms with van der Waals surface area (Å²) in [6, 6.07) is 14.2. The van der Waals surface area contributed by atoms with Crippen molar-refractivity contribution in [1.82, 2.24) is 15.2 Å². The summed E-state index contributed by atoms with van der Waals surface area (Å²) in [5, 5.41) is 18.7. The minimum Gasteiger partial charge on any atom is -0.390 e. The van der Waals surface area contributed by atoms with E-state index < -0.39 is 6.10 Å². The van der Waals surface area contributed by atoms with Crippen LogP contribution >= 0.6 is 11.9 Å². The summed E-state index contributed by atoms with van der Waals surface area (Å²) in [4.78, 5) is 13.6. The lowest BCUT2D eigenvalue weighted by molar-refractivity contribution is 0.0830. The SMILES string of the molecule is CCc1cn2c3c(cc(C(=O)NC(Cc4ccccc4)C(O)CNC4CC4)cc13)N(C)SCC2. The number of amides is 1. The van der Waals surface area contributed by atoms with Crippen LogP contribution < -0.4 is 14.9 Å². The van der Waals surface area contributed by atoms with Gasteiger partial charge in [-0.1, -0.05) is 37.3 Å². The van der Waals surface area contributed by atoms with E-state index in [1.807, 2.05) is 42.5 Å². The molecule has 3 aromatic rings. The first kappa shape index (κ1) is 23.3. The van der Waals surface area contributed by atoms with Crippen LogP contribution in [0.25, 0.3) is 10.9 Å². The molecular weight excluding hydrogens is 444 g/mol. The number of rotatable bonds is 9.